The summed E-state index contributed by atoms with van der Waals surface area (Å²) < 4.78 is 25.9. The lowest BCUT2D eigenvalue weighted by Crippen LogP contribution is -2.31. The lowest BCUT2D eigenvalue weighted by molar-refractivity contribution is -0.117. The molecule has 2 rings (SSSR count). The van der Waals surface area contributed by atoms with Gasteiger partial charge >= 0.3 is 0 Å². The third kappa shape index (κ3) is 3.92. The average Bonchev–Trinajstić information content (AvgIpc) is 2.75. The molecule has 1 N–H and O–H groups in total. The molecule has 1 saturated heterocycles. The van der Waals surface area contributed by atoms with Gasteiger partial charge in [0.05, 0.1) is 12.2 Å². The second-order valence-electron chi connectivity index (χ2n) is 4.16. The first kappa shape index (κ1) is 14.9. The molecule has 1 fully saturated rings. The fourth-order valence-corrected chi connectivity index (χ4v) is 1.92. The third-order valence-electron chi connectivity index (χ3n) is 2.77. The van der Waals surface area contributed by atoms with E-state index in [1.807, 2.05) is 4.90 Å². The van der Waals surface area contributed by atoms with Crippen molar-refractivity contribution in [3.8, 4) is 0 Å². The number of nitrogens with zero attached hydrogens (tertiary/aromatic N) is 1. The average molecular weight is 277 g/mol. The van der Waals surface area contributed by atoms with Gasteiger partial charge in [0.1, 0.15) is 11.6 Å². The Morgan fingerprint density at radius 3 is 2.56 bits per heavy atom. The maximum absolute atomic E-state index is 13.3. The minimum atomic E-state index is -0.750. The Kier molecular flexibility index (Phi) is 5.50. The highest BCUT2D eigenvalue weighted by Gasteiger charge is 2.16. The summed E-state index contributed by atoms with van der Waals surface area (Å²) >= 11 is 0. The first-order valence-corrected chi connectivity index (χ1v) is 5.62. The van der Waals surface area contributed by atoms with Crippen LogP contribution < -0.4 is 5.32 Å². The van der Waals surface area contributed by atoms with E-state index in [0.717, 1.165) is 38.1 Å². The lowest BCUT2D eigenvalue weighted by atomic mass is 10.3. The fourth-order valence-electron chi connectivity index (χ4n) is 1.92. The molecule has 1 amide bonds. The van der Waals surface area contributed by atoms with Crippen LogP contribution in [0.2, 0.25) is 0 Å². The number of benzene rings is 1. The van der Waals surface area contributed by atoms with E-state index >= 15 is 0 Å². The second-order valence-corrected chi connectivity index (χ2v) is 4.16. The van der Waals surface area contributed by atoms with Crippen molar-refractivity contribution < 1.29 is 13.6 Å². The summed E-state index contributed by atoms with van der Waals surface area (Å²) in [7, 11) is 0. The van der Waals surface area contributed by atoms with Crippen molar-refractivity contribution >= 4 is 24.0 Å². The highest BCUT2D eigenvalue weighted by molar-refractivity contribution is 5.92. The molecule has 0 bridgehead atoms. The van der Waals surface area contributed by atoms with E-state index < -0.39 is 11.6 Å². The van der Waals surface area contributed by atoms with Crippen LogP contribution in [0.4, 0.5) is 14.5 Å². The summed E-state index contributed by atoms with van der Waals surface area (Å²) in [6, 6.07) is 3.10. The van der Waals surface area contributed by atoms with Gasteiger partial charge in [0.25, 0.3) is 0 Å². The highest BCUT2D eigenvalue weighted by atomic mass is 35.5. The maximum Gasteiger partial charge on any atom is 0.238 e. The molecule has 3 nitrogen and oxygen atoms in total. The molecular weight excluding hydrogens is 262 g/mol. The van der Waals surface area contributed by atoms with E-state index in [0.29, 0.717) is 0 Å². The van der Waals surface area contributed by atoms with Crippen LogP contribution in [0.1, 0.15) is 12.8 Å². The van der Waals surface area contributed by atoms with E-state index in [2.05, 4.69) is 5.32 Å². The van der Waals surface area contributed by atoms with Crippen molar-refractivity contribution in [3.05, 3.63) is 29.8 Å². The largest absolute Gasteiger partial charge is 0.322 e. The Bertz CT molecular complexity index is 423. The van der Waals surface area contributed by atoms with Gasteiger partial charge in [-0.15, -0.1) is 12.4 Å². The molecule has 6 heteroatoms. The number of amides is 1. The predicted octanol–water partition coefficient (Wildman–Crippen LogP) is 2.42. The number of likely N-dealkylation sites (tertiary alicyclic amines) is 1. The van der Waals surface area contributed by atoms with Crippen molar-refractivity contribution in [2.75, 3.05) is 25.0 Å². The molecule has 1 aromatic rings. The Hall–Kier alpha value is -1.20. The van der Waals surface area contributed by atoms with Gasteiger partial charge in [-0.25, -0.2) is 8.78 Å². The maximum atomic E-state index is 13.3. The second kappa shape index (κ2) is 6.66. The Morgan fingerprint density at radius 2 is 1.94 bits per heavy atom. The fraction of sp³-hybridized carbons (Fsp3) is 0.417. The molecule has 0 unspecified atom stereocenters. The zero-order valence-corrected chi connectivity index (χ0v) is 10.6. The summed E-state index contributed by atoms with van der Waals surface area (Å²) in [5, 5.41) is 2.44. The van der Waals surface area contributed by atoms with E-state index in [4.69, 9.17) is 0 Å². The molecule has 1 aliphatic rings. The van der Waals surface area contributed by atoms with E-state index in [-0.39, 0.29) is 30.5 Å². The predicted molar refractivity (Wildman–Crippen MR) is 67.9 cm³/mol. The molecule has 1 heterocycles. The molecule has 0 atom stereocenters. The molecular formula is C12H15ClF2N2O. The van der Waals surface area contributed by atoms with Gasteiger partial charge in [0, 0.05) is 6.07 Å². The Labute approximate surface area is 111 Å². The van der Waals surface area contributed by atoms with Gasteiger partial charge in [0.2, 0.25) is 5.91 Å². The minimum absolute atomic E-state index is 0. The first-order valence-electron chi connectivity index (χ1n) is 5.62. The molecule has 0 spiro atoms. The van der Waals surface area contributed by atoms with Crippen LogP contribution in [0.5, 0.6) is 0 Å². The van der Waals surface area contributed by atoms with Crippen LogP contribution in [-0.4, -0.2) is 30.4 Å². The zero-order chi connectivity index (χ0) is 12.3. The number of anilines is 1. The molecule has 0 aliphatic carbocycles. The van der Waals surface area contributed by atoms with Gasteiger partial charge in [0.15, 0.2) is 0 Å². The van der Waals surface area contributed by atoms with Crippen LogP contribution >= 0.6 is 12.4 Å². The molecule has 0 saturated carbocycles. The Balaban J connectivity index is 0.00000162. The highest BCUT2D eigenvalue weighted by Crippen LogP contribution is 2.15. The summed E-state index contributed by atoms with van der Waals surface area (Å²) in [6.07, 6.45) is 2.19. The van der Waals surface area contributed by atoms with E-state index in [1.165, 1.54) is 6.07 Å². The number of hydrogen-bond donors (Lipinski definition) is 1. The normalized spacial score (nSPS) is 15.2. The summed E-state index contributed by atoms with van der Waals surface area (Å²) in [5.74, 6) is -1.67. The van der Waals surface area contributed by atoms with Crippen LogP contribution in [0.3, 0.4) is 0 Å². The van der Waals surface area contributed by atoms with Gasteiger partial charge in [-0.1, -0.05) is 0 Å². The lowest BCUT2D eigenvalue weighted by Gasteiger charge is -2.14. The van der Waals surface area contributed by atoms with Gasteiger partial charge in [-0.2, -0.15) is 0 Å². The number of carbonyl (C=O) groups is 1. The number of carbonyl (C=O) groups excluding carboxylic acids is 1. The van der Waals surface area contributed by atoms with Crippen molar-refractivity contribution in [1.82, 2.24) is 4.90 Å². The molecule has 0 radical (unpaired) electrons. The smallest absolute Gasteiger partial charge is 0.238 e. The Morgan fingerprint density at radius 1 is 1.28 bits per heavy atom. The molecule has 0 aromatic heterocycles. The van der Waals surface area contributed by atoms with Crippen molar-refractivity contribution in [2.45, 2.75) is 12.8 Å². The number of halogens is 3. The first-order chi connectivity index (χ1) is 8.15. The SMILES string of the molecule is Cl.O=C(CN1CCCC1)Nc1ccc(F)cc1F. The van der Waals surface area contributed by atoms with E-state index in [1.54, 1.807) is 0 Å². The number of nitrogens with one attached hydrogen (secondary N) is 1. The van der Waals surface area contributed by atoms with Crippen LogP contribution in [0.25, 0.3) is 0 Å². The standard InChI is InChI=1S/C12H14F2N2O.ClH/c13-9-3-4-11(10(14)7-9)15-12(17)8-16-5-1-2-6-16;/h3-4,7H,1-2,5-6,8H2,(H,15,17);1H. The zero-order valence-electron chi connectivity index (χ0n) is 9.79. The molecule has 18 heavy (non-hydrogen) atoms. The molecule has 100 valence electrons. The van der Waals surface area contributed by atoms with Crippen LogP contribution in [0, 0.1) is 11.6 Å². The van der Waals surface area contributed by atoms with Crippen molar-refractivity contribution in [3.63, 3.8) is 0 Å². The van der Waals surface area contributed by atoms with Crippen LogP contribution in [-0.2, 0) is 4.79 Å². The minimum Gasteiger partial charge on any atom is -0.322 e. The summed E-state index contributed by atoms with van der Waals surface area (Å²) in [5.41, 5.74) is 0.0237. The quantitative estimate of drug-likeness (QED) is 0.920. The van der Waals surface area contributed by atoms with Gasteiger partial charge in [-0.05, 0) is 38.1 Å². The van der Waals surface area contributed by atoms with Gasteiger partial charge in [-0.3, -0.25) is 9.69 Å². The monoisotopic (exact) mass is 276 g/mol. The van der Waals surface area contributed by atoms with Crippen molar-refractivity contribution in [2.24, 2.45) is 0 Å². The third-order valence-corrected chi connectivity index (χ3v) is 2.77. The number of hydrogen-bond acceptors (Lipinski definition) is 2. The summed E-state index contributed by atoms with van der Waals surface area (Å²) in [4.78, 5) is 13.6. The van der Waals surface area contributed by atoms with E-state index in [9.17, 15) is 13.6 Å². The van der Waals surface area contributed by atoms with Gasteiger partial charge < -0.3 is 5.32 Å². The van der Waals surface area contributed by atoms with Crippen molar-refractivity contribution in [1.29, 1.82) is 0 Å². The molecule has 1 aromatic carbocycles. The number of rotatable bonds is 3. The summed E-state index contributed by atoms with van der Waals surface area (Å²) in [6.45, 7) is 2.06. The molecule has 1 aliphatic heterocycles. The van der Waals surface area contributed by atoms with Crippen LogP contribution in [0.15, 0.2) is 18.2 Å². The topological polar surface area (TPSA) is 32.3 Å².